The van der Waals surface area contributed by atoms with Gasteiger partial charge in [-0.1, -0.05) is 13.0 Å². The number of nitrogens with two attached hydrogens (primary N) is 2. The second-order valence-electron chi connectivity index (χ2n) is 3.54. The van der Waals surface area contributed by atoms with Crippen molar-refractivity contribution in [2.75, 3.05) is 6.54 Å². The van der Waals surface area contributed by atoms with E-state index in [0.717, 1.165) is 12.8 Å². The van der Waals surface area contributed by atoms with Gasteiger partial charge < -0.3 is 16.6 Å². The largest absolute Gasteiger partial charge is 0.512 e. The van der Waals surface area contributed by atoms with Gasteiger partial charge >= 0.3 is 0 Å². The molecular weight excluding hydrogens is 152 g/mol. The van der Waals surface area contributed by atoms with Gasteiger partial charge in [0.2, 0.25) is 0 Å². The predicted molar refractivity (Wildman–Crippen MR) is 49.4 cm³/mol. The first-order valence-electron chi connectivity index (χ1n) is 4.15. The fraction of sp³-hybridized carbons (Fsp3) is 0.556. The Morgan fingerprint density at radius 3 is 2.83 bits per heavy atom. The highest BCUT2D eigenvalue weighted by atomic mass is 16.3. The lowest BCUT2D eigenvalue weighted by molar-refractivity contribution is 0.224. The molecule has 1 atom stereocenters. The first kappa shape index (κ1) is 9.13. The van der Waals surface area contributed by atoms with Crippen LogP contribution in [-0.4, -0.2) is 11.7 Å². The summed E-state index contributed by atoms with van der Waals surface area (Å²) in [5, 5.41) is 9.61. The molecule has 0 aliphatic heterocycles. The maximum Gasteiger partial charge on any atom is 0.100 e. The quantitative estimate of drug-likeness (QED) is 0.576. The van der Waals surface area contributed by atoms with Crippen molar-refractivity contribution >= 4 is 0 Å². The SMILES string of the molecule is CC1(CCN)CC=C(N)C=C1O. The van der Waals surface area contributed by atoms with Gasteiger partial charge in [-0.15, -0.1) is 0 Å². The second kappa shape index (κ2) is 3.19. The van der Waals surface area contributed by atoms with Gasteiger partial charge in [0, 0.05) is 11.1 Å². The maximum absolute atomic E-state index is 9.61. The molecule has 0 radical (unpaired) electrons. The molecule has 1 aliphatic rings. The minimum absolute atomic E-state index is 0.197. The molecule has 1 unspecified atom stereocenters. The third kappa shape index (κ3) is 1.61. The zero-order valence-electron chi connectivity index (χ0n) is 7.38. The molecule has 68 valence electrons. The number of hydrogen-bond acceptors (Lipinski definition) is 3. The van der Waals surface area contributed by atoms with Crippen LogP contribution in [0.5, 0.6) is 0 Å². The summed E-state index contributed by atoms with van der Waals surface area (Å²) in [4.78, 5) is 0. The van der Waals surface area contributed by atoms with E-state index >= 15 is 0 Å². The van der Waals surface area contributed by atoms with E-state index in [9.17, 15) is 5.11 Å². The molecule has 0 saturated carbocycles. The van der Waals surface area contributed by atoms with Crippen LogP contribution < -0.4 is 11.5 Å². The van der Waals surface area contributed by atoms with Gasteiger partial charge in [-0.25, -0.2) is 0 Å². The summed E-state index contributed by atoms with van der Waals surface area (Å²) in [7, 11) is 0. The van der Waals surface area contributed by atoms with E-state index in [-0.39, 0.29) is 5.41 Å². The van der Waals surface area contributed by atoms with Gasteiger partial charge in [0.1, 0.15) is 5.76 Å². The van der Waals surface area contributed by atoms with Crippen LogP contribution in [0, 0.1) is 5.41 Å². The van der Waals surface area contributed by atoms with Crippen molar-refractivity contribution in [3.63, 3.8) is 0 Å². The number of hydrogen-bond donors (Lipinski definition) is 3. The highest BCUT2D eigenvalue weighted by Gasteiger charge is 2.29. The van der Waals surface area contributed by atoms with Crippen molar-refractivity contribution < 1.29 is 5.11 Å². The highest BCUT2D eigenvalue weighted by Crippen LogP contribution is 2.36. The Morgan fingerprint density at radius 2 is 2.33 bits per heavy atom. The van der Waals surface area contributed by atoms with Gasteiger partial charge in [0.05, 0.1) is 0 Å². The molecule has 3 heteroatoms. The van der Waals surface area contributed by atoms with E-state index in [1.165, 1.54) is 0 Å². The van der Waals surface area contributed by atoms with Crippen molar-refractivity contribution in [3.05, 3.63) is 23.6 Å². The summed E-state index contributed by atoms with van der Waals surface area (Å²) in [6.45, 7) is 2.58. The molecular formula is C9H16N2O. The fourth-order valence-corrected chi connectivity index (χ4v) is 1.39. The van der Waals surface area contributed by atoms with Gasteiger partial charge in [0.25, 0.3) is 0 Å². The highest BCUT2D eigenvalue weighted by molar-refractivity contribution is 5.26. The third-order valence-electron chi connectivity index (χ3n) is 2.41. The van der Waals surface area contributed by atoms with Crippen molar-refractivity contribution in [2.24, 2.45) is 16.9 Å². The monoisotopic (exact) mass is 168 g/mol. The number of aliphatic hydroxyl groups excluding tert-OH is 1. The summed E-state index contributed by atoms with van der Waals surface area (Å²) >= 11 is 0. The third-order valence-corrected chi connectivity index (χ3v) is 2.41. The zero-order valence-corrected chi connectivity index (χ0v) is 7.38. The Kier molecular flexibility index (Phi) is 2.43. The smallest absolute Gasteiger partial charge is 0.100 e. The van der Waals surface area contributed by atoms with Crippen LogP contribution in [0.3, 0.4) is 0 Å². The standard InChI is InChI=1S/C9H16N2O/c1-9(4-5-10)3-2-7(11)6-8(9)12/h2,6,12H,3-5,10-11H2,1H3. The van der Waals surface area contributed by atoms with Crippen molar-refractivity contribution in [3.8, 4) is 0 Å². The van der Waals surface area contributed by atoms with Gasteiger partial charge in [-0.3, -0.25) is 0 Å². The van der Waals surface area contributed by atoms with Crippen LogP contribution >= 0.6 is 0 Å². The molecule has 0 bridgehead atoms. The van der Waals surface area contributed by atoms with Crippen molar-refractivity contribution in [1.29, 1.82) is 0 Å². The summed E-state index contributed by atoms with van der Waals surface area (Å²) in [5.74, 6) is 0.355. The number of allylic oxidation sites excluding steroid dienone is 3. The summed E-state index contributed by atoms with van der Waals surface area (Å²) < 4.78 is 0. The molecule has 0 spiro atoms. The van der Waals surface area contributed by atoms with Crippen molar-refractivity contribution in [2.45, 2.75) is 19.8 Å². The molecule has 1 rings (SSSR count). The van der Waals surface area contributed by atoms with Gasteiger partial charge in [-0.05, 0) is 25.5 Å². The van der Waals surface area contributed by atoms with Crippen LogP contribution in [-0.2, 0) is 0 Å². The van der Waals surface area contributed by atoms with Gasteiger partial charge in [0.15, 0.2) is 0 Å². The van der Waals surface area contributed by atoms with E-state index in [2.05, 4.69) is 0 Å². The lowest BCUT2D eigenvalue weighted by atomic mass is 9.78. The minimum Gasteiger partial charge on any atom is -0.512 e. The molecule has 12 heavy (non-hydrogen) atoms. The van der Waals surface area contributed by atoms with E-state index in [1.807, 2.05) is 13.0 Å². The van der Waals surface area contributed by atoms with Crippen molar-refractivity contribution in [1.82, 2.24) is 0 Å². The molecule has 0 amide bonds. The summed E-state index contributed by atoms with van der Waals surface area (Å²) in [5.41, 5.74) is 11.4. The molecule has 0 saturated heterocycles. The molecule has 1 aliphatic carbocycles. The van der Waals surface area contributed by atoms with E-state index in [4.69, 9.17) is 11.5 Å². The van der Waals surface area contributed by atoms with E-state index in [1.54, 1.807) is 6.08 Å². The van der Waals surface area contributed by atoms with Crippen LogP contribution in [0.2, 0.25) is 0 Å². The maximum atomic E-state index is 9.61. The molecule has 5 N–H and O–H groups in total. The average Bonchev–Trinajstić information content (AvgIpc) is 1.99. The first-order chi connectivity index (χ1) is 5.58. The molecule has 0 aromatic heterocycles. The Bertz CT molecular complexity index is 233. The van der Waals surface area contributed by atoms with Gasteiger partial charge in [-0.2, -0.15) is 0 Å². The Morgan fingerprint density at radius 1 is 1.67 bits per heavy atom. The fourth-order valence-electron chi connectivity index (χ4n) is 1.39. The van der Waals surface area contributed by atoms with E-state index < -0.39 is 0 Å². The topological polar surface area (TPSA) is 72.3 Å². The van der Waals surface area contributed by atoms with E-state index in [0.29, 0.717) is 18.0 Å². The molecule has 0 aromatic rings. The first-order valence-corrected chi connectivity index (χ1v) is 4.15. The summed E-state index contributed by atoms with van der Waals surface area (Å²) in [6.07, 6.45) is 5.10. The van der Waals surface area contributed by atoms with Crippen LogP contribution in [0.25, 0.3) is 0 Å². The Balaban J connectivity index is 2.78. The predicted octanol–water partition coefficient (Wildman–Crippen LogP) is 1.03. The van der Waals surface area contributed by atoms with Crippen LogP contribution in [0.15, 0.2) is 23.6 Å². The lowest BCUT2D eigenvalue weighted by Gasteiger charge is -2.29. The van der Waals surface area contributed by atoms with Crippen LogP contribution in [0.4, 0.5) is 0 Å². The average molecular weight is 168 g/mol. The molecule has 0 heterocycles. The van der Waals surface area contributed by atoms with Crippen LogP contribution in [0.1, 0.15) is 19.8 Å². The lowest BCUT2D eigenvalue weighted by Crippen LogP contribution is -2.25. The number of rotatable bonds is 2. The number of aliphatic hydroxyl groups is 1. The Hall–Kier alpha value is -0.960. The Labute approximate surface area is 72.7 Å². The minimum atomic E-state index is -0.197. The zero-order chi connectivity index (χ0) is 9.19. The summed E-state index contributed by atoms with van der Waals surface area (Å²) in [6, 6.07) is 0. The molecule has 0 fully saturated rings. The molecule has 0 aromatic carbocycles. The second-order valence-corrected chi connectivity index (χ2v) is 3.54. The normalized spacial score (nSPS) is 29.5. The molecule has 3 nitrogen and oxygen atoms in total.